The maximum atomic E-state index is 4.30. The molecule has 5 heteroatoms. The maximum absolute atomic E-state index is 4.30. The van der Waals surface area contributed by atoms with E-state index in [9.17, 15) is 0 Å². The molecule has 2 N–H and O–H groups in total. The molecule has 0 atom stereocenters. The maximum Gasteiger partial charge on any atom is 0.191 e. The van der Waals surface area contributed by atoms with Crippen LogP contribution in [0.3, 0.4) is 0 Å². The molecule has 2 heterocycles. The van der Waals surface area contributed by atoms with Crippen LogP contribution in [-0.2, 0) is 12.0 Å². The zero-order chi connectivity index (χ0) is 15.3. The second-order valence-electron chi connectivity index (χ2n) is 5.65. The molecular formula is C16H23N3S2. The van der Waals surface area contributed by atoms with E-state index in [1.54, 1.807) is 11.3 Å². The van der Waals surface area contributed by atoms with Crippen molar-refractivity contribution < 1.29 is 0 Å². The van der Waals surface area contributed by atoms with E-state index in [0.29, 0.717) is 0 Å². The third-order valence-corrected chi connectivity index (χ3v) is 5.57. The number of aliphatic imine (C=N–C) groups is 1. The van der Waals surface area contributed by atoms with Crippen molar-refractivity contribution in [3.05, 3.63) is 44.3 Å². The van der Waals surface area contributed by atoms with Gasteiger partial charge in [0.15, 0.2) is 5.96 Å². The first-order valence-corrected chi connectivity index (χ1v) is 8.75. The summed E-state index contributed by atoms with van der Waals surface area (Å²) in [7, 11) is 1.81. The number of nitrogens with one attached hydrogen (secondary N) is 2. The van der Waals surface area contributed by atoms with Crippen LogP contribution in [-0.4, -0.2) is 19.6 Å². The zero-order valence-electron chi connectivity index (χ0n) is 13.1. The number of guanidine groups is 1. The molecule has 0 aliphatic rings. The molecule has 114 valence electrons. The number of hydrogen-bond donors (Lipinski definition) is 2. The van der Waals surface area contributed by atoms with Crippen LogP contribution in [0.2, 0.25) is 0 Å². The van der Waals surface area contributed by atoms with Crippen LogP contribution in [0.5, 0.6) is 0 Å². The smallest absolute Gasteiger partial charge is 0.191 e. The van der Waals surface area contributed by atoms with Crippen LogP contribution < -0.4 is 10.6 Å². The van der Waals surface area contributed by atoms with Gasteiger partial charge in [0, 0.05) is 33.6 Å². The van der Waals surface area contributed by atoms with Crippen molar-refractivity contribution in [3.8, 4) is 0 Å². The summed E-state index contributed by atoms with van der Waals surface area (Å²) in [5.74, 6) is 0.852. The summed E-state index contributed by atoms with van der Waals surface area (Å²) in [6, 6.07) is 8.61. The third-order valence-electron chi connectivity index (χ3n) is 3.34. The highest BCUT2D eigenvalue weighted by molar-refractivity contribution is 7.11. The minimum atomic E-state index is 0.102. The lowest BCUT2D eigenvalue weighted by atomic mass is 9.91. The highest BCUT2D eigenvalue weighted by Gasteiger charge is 2.21. The summed E-state index contributed by atoms with van der Waals surface area (Å²) >= 11 is 3.62. The van der Waals surface area contributed by atoms with E-state index < -0.39 is 0 Å². The highest BCUT2D eigenvalue weighted by Crippen LogP contribution is 2.26. The quantitative estimate of drug-likeness (QED) is 0.650. The van der Waals surface area contributed by atoms with Crippen molar-refractivity contribution in [2.45, 2.75) is 32.7 Å². The lowest BCUT2D eigenvalue weighted by Gasteiger charge is -2.25. The van der Waals surface area contributed by atoms with E-state index in [1.807, 2.05) is 18.4 Å². The van der Waals surface area contributed by atoms with Crippen molar-refractivity contribution in [2.24, 2.45) is 4.99 Å². The van der Waals surface area contributed by atoms with E-state index in [-0.39, 0.29) is 5.41 Å². The Balaban J connectivity index is 1.85. The molecule has 0 saturated carbocycles. The van der Waals surface area contributed by atoms with Gasteiger partial charge in [-0.1, -0.05) is 19.9 Å². The normalized spacial score (nSPS) is 12.5. The van der Waals surface area contributed by atoms with E-state index in [0.717, 1.165) is 19.0 Å². The van der Waals surface area contributed by atoms with Gasteiger partial charge in [0.25, 0.3) is 0 Å². The minimum absolute atomic E-state index is 0.102. The lowest BCUT2D eigenvalue weighted by molar-refractivity contribution is 0.518. The van der Waals surface area contributed by atoms with Gasteiger partial charge in [-0.25, -0.2) is 0 Å². The molecule has 0 amide bonds. The van der Waals surface area contributed by atoms with Crippen LogP contribution in [0.1, 0.15) is 28.5 Å². The first kappa shape index (κ1) is 16.0. The highest BCUT2D eigenvalue weighted by atomic mass is 32.1. The molecule has 2 aromatic heterocycles. The Kier molecular flexibility index (Phi) is 5.42. The average Bonchev–Trinajstić information content (AvgIpc) is 3.10. The number of nitrogens with zero attached hydrogens (tertiary/aromatic N) is 1. The minimum Gasteiger partial charge on any atom is -0.356 e. The molecule has 2 aromatic rings. The van der Waals surface area contributed by atoms with Crippen LogP contribution in [0.15, 0.2) is 34.6 Å². The third kappa shape index (κ3) is 4.58. The molecule has 0 aliphatic carbocycles. The first-order valence-electron chi connectivity index (χ1n) is 7.05. The van der Waals surface area contributed by atoms with Crippen LogP contribution in [0.25, 0.3) is 0 Å². The van der Waals surface area contributed by atoms with E-state index in [2.05, 4.69) is 66.0 Å². The number of hydrogen-bond acceptors (Lipinski definition) is 3. The van der Waals surface area contributed by atoms with Crippen LogP contribution in [0, 0.1) is 6.92 Å². The molecule has 21 heavy (non-hydrogen) atoms. The topological polar surface area (TPSA) is 36.4 Å². The number of rotatable bonds is 5. The molecular weight excluding hydrogens is 298 g/mol. The fraction of sp³-hybridized carbons (Fsp3) is 0.438. The second-order valence-corrected chi connectivity index (χ2v) is 7.97. The van der Waals surface area contributed by atoms with Crippen LogP contribution in [0.4, 0.5) is 0 Å². The van der Waals surface area contributed by atoms with Crippen LogP contribution >= 0.6 is 22.7 Å². The molecule has 2 rings (SSSR count). The predicted octanol–water partition coefficient (Wildman–Crippen LogP) is 3.76. The van der Waals surface area contributed by atoms with Crippen molar-refractivity contribution in [1.82, 2.24) is 10.6 Å². The molecule has 0 fully saturated rings. The fourth-order valence-electron chi connectivity index (χ4n) is 2.03. The molecule has 0 spiro atoms. The van der Waals surface area contributed by atoms with Crippen molar-refractivity contribution in [1.29, 1.82) is 0 Å². The summed E-state index contributed by atoms with van der Waals surface area (Å²) in [5, 5.41) is 8.92. The second kappa shape index (κ2) is 7.09. The Morgan fingerprint density at radius 3 is 2.62 bits per heavy atom. The zero-order valence-corrected chi connectivity index (χ0v) is 14.7. The van der Waals surface area contributed by atoms with Gasteiger partial charge in [-0.15, -0.1) is 22.7 Å². The molecule has 3 nitrogen and oxygen atoms in total. The summed E-state index contributed by atoms with van der Waals surface area (Å²) in [6.45, 7) is 8.31. The van der Waals surface area contributed by atoms with Crippen molar-refractivity contribution in [2.75, 3.05) is 13.6 Å². The Morgan fingerprint density at radius 2 is 2.05 bits per heavy atom. The van der Waals surface area contributed by atoms with E-state index >= 15 is 0 Å². The van der Waals surface area contributed by atoms with Crippen molar-refractivity contribution >= 4 is 28.6 Å². The van der Waals surface area contributed by atoms with Gasteiger partial charge in [0.1, 0.15) is 0 Å². The van der Waals surface area contributed by atoms with Gasteiger partial charge in [-0.3, -0.25) is 4.99 Å². The first-order chi connectivity index (χ1) is 10.0. The van der Waals surface area contributed by atoms with Gasteiger partial charge in [-0.05, 0) is 30.5 Å². The summed E-state index contributed by atoms with van der Waals surface area (Å²) in [5.41, 5.74) is 0.102. The molecule has 0 aromatic carbocycles. The summed E-state index contributed by atoms with van der Waals surface area (Å²) < 4.78 is 0. The predicted molar refractivity (Wildman–Crippen MR) is 94.6 cm³/mol. The standard InChI is InChI=1S/C16H23N3S2/c1-12-7-8-13(21-12)10-18-15(17-4)19-11-16(2,3)14-6-5-9-20-14/h5-9H,10-11H2,1-4H3,(H2,17,18,19). The largest absolute Gasteiger partial charge is 0.356 e. The summed E-state index contributed by atoms with van der Waals surface area (Å²) in [6.07, 6.45) is 0. The van der Waals surface area contributed by atoms with Gasteiger partial charge in [-0.2, -0.15) is 0 Å². The van der Waals surface area contributed by atoms with E-state index in [4.69, 9.17) is 0 Å². The molecule has 0 aliphatic heterocycles. The van der Waals surface area contributed by atoms with Gasteiger partial charge in [0.2, 0.25) is 0 Å². The van der Waals surface area contributed by atoms with Gasteiger partial charge < -0.3 is 10.6 Å². The van der Waals surface area contributed by atoms with Gasteiger partial charge >= 0.3 is 0 Å². The SMILES string of the molecule is CN=C(NCc1ccc(C)s1)NCC(C)(C)c1cccs1. The summed E-state index contributed by atoms with van der Waals surface area (Å²) in [4.78, 5) is 8.35. The molecule has 0 radical (unpaired) electrons. The number of aryl methyl sites for hydroxylation is 1. The number of thiophene rings is 2. The Bertz CT molecular complexity index is 582. The Labute approximate surface area is 135 Å². The lowest BCUT2D eigenvalue weighted by Crippen LogP contribution is -2.42. The average molecular weight is 322 g/mol. The van der Waals surface area contributed by atoms with Gasteiger partial charge in [0.05, 0.1) is 6.54 Å². The molecule has 0 saturated heterocycles. The Hall–Kier alpha value is -1.33. The molecule has 0 unspecified atom stereocenters. The molecule has 0 bridgehead atoms. The fourth-order valence-corrected chi connectivity index (χ4v) is 3.71. The monoisotopic (exact) mass is 321 g/mol. The van der Waals surface area contributed by atoms with E-state index in [1.165, 1.54) is 14.6 Å². The van der Waals surface area contributed by atoms with Crippen molar-refractivity contribution in [3.63, 3.8) is 0 Å². The Morgan fingerprint density at radius 1 is 1.24 bits per heavy atom.